The quantitative estimate of drug-likeness (QED) is 0.241. The van der Waals surface area contributed by atoms with Crippen molar-refractivity contribution in [2.45, 2.75) is 31.0 Å². The summed E-state index contributed by atoms with van der Waals surface area (Å²) in [6.07, 6.45) is -2.41. The molecule has 0 radical (unpaired) electrons. The summed E-state index contributed by atoms with van der Waals surface area (Å²) in [4.78, 5) is 21.4. The predicted octanol–water partition coefficient (Wildman–Crippen LogP) is 3.50. The van der Waals surface area contributed by atoms with E-state index in [4.69, 9.17) is 30.8 Å². The van der Waals surface area contributed by atoms with Gasteiger partial charge in [-0.3, -0.25) is 24.8 Å². The molecule has 0 unspecified atom stereocenters. The molecule has 0 bridgehead atoms. The number of aliphatic hydroxyl groups is 1. The molecule has 3 aromatic rings. The number of aromatic nitrogens is 1. The smallest absolute Gasteiger partial charge is 0.273 e. The average molecular weight is 477 g/mol. The van der Waals surface area contributed by atoms with Crippen molar-refractivity contribution in [3.8, 4) is 5.75 Å². The number of fused-ring (bicyclic) bond motifs is 2. The molecule has 0 spiro atoms. The fourth-order valence-electron chi connectivity index (χ4n) is 4.19. The first-order chi connectivity index (χ1) is 15.6. The maximum Gasteiger partial charge on any atom is 0.273 e. The number of oxazole rings is 1. The van der Waals surface area contributed by atoms with Crippen LogP contribution >= 0.6 is 12.2 Å². The van der Waals surface area contributed by atoms with Gasteiger partial charge < -0.3 is 23.7 Å². The van der Waals surface area contributed by atoms with Gasteiger partial charge in [-0.15, -0.1) is 0 Å². The highest BCUT2D eigenvalue weighted by molar-refractivity contribution is 7.71. The zero-order chi connectivity index (χ0) is 24.1. The lowest BCUT2D eigenvalue weighted by atomic mass is 9.84. The zero-order valence-electron chi connectivity index (χ0n) is 17.7. The molecule has 33 heavy (non-hydrogen) atoms. The fraction of sp³-hybridized carbons (Fsp3) is 0.350. The van der Waals surface area contributed by atoms with Gasteiger partial charge in [-0.05, 0) is 31.3 Å². The van der Waals surface area contributed by atoms with Crippen molar-refractivity contribution in [2.24, 2.45) is 0 Å². The summed E-state index contributed by atoms with van der Waals surface area (Å²) < 4.78 is 23.8. The molecule has 1 aliphatic heterocycles. The normalized spacial score (nSPS) is 22.2. The number of rotatable bonds is 6. The van der Waals surface area contributed by atoms with Gasteiger partial charge in [0.1, 0.15) is 11.9 Å². The van der Waals surface area contributed by atoms with Crippen molar-refractivity contribution < 1.29 is 33.6 Å². The molecule has 3 atom stereocenters. The van der Waals surface area contributed by atoms with E-state index in [-0.39, 0.29) is 33.1 Å². The highest BCUT2D eigenvalue weighted by Gasteiger charge is 2.53. The van der Waals surface area contributed by atoms with E-state index in [1.807, 2.05) is 0 Å². The Balaban J connectivity index is 2.00. The maximum absolute atomic E-state index is 11.5. The number of methoxy groups -OCH3 is 2. The lowest BCUT2D eigenvalue weighted by Crippen LogP contribution is -2.60. The molecule has 0 saturated carbocycles. The molecule has 174 valence electrons. The van der Waals surface area contributed by atoms with Crippen LogP contribution in [-0.4, -0.2) is 51.7 Å². The van der Waals surface area contributed by atoms with Crippen LogP contribution in [0.1, 0.15) is 18.5 Å². The highest BCUT2D eigenvalue weighted by Crippen LogP contribution is 2.46. The lowest BCUT2D eigenvalue weighted by molar-refractivity contribution is -0.385. The molecule has 0 amide bonds. The van der Waals surface area contributed by atoms with Gasteiger partial charge in [-0.25, -0.2) is 0 Å². The van der Waals surface area contributed by atoms with Crippen LogP contribution < -0.4 is 4.74 Å². The summed E-state index contributed by atoms with van der Waals surface area (Å²) in [5, 5.41) is 34.1. The van der Waals surface area contributed by atoms with E-state index in [0.717, 1.165) is 0 Å². The summed E-state index contributed by atoms with van der Waals surface area (Å²) in [7, 11) is 2.77. The van der Waals surface area contributed by atoms with Crippen LogP contribution in [0, 0.1) is 25.1 Å². The molecular formula is C20H19N3O9S. The Morgan fingerprint density at radius 2 is 1.73 bits per heavy atom. The monoisotopic (exact) mass is 477 g/mol. The molecule has 1 N–H and O–H groups in total. The van der Waals surface area contributed by atoms with Gasteiger partial charge in [0.2, 0.25) is 0 Å². The number of benzene rings is 2. The number of hydrogen-bond acceptors (Lipinski definition) is 10. The summed E-state index contributed by atoms with van der Waals surface area (Å²) in [5.74, 6) is 0.246. The number of nitro groups is 2. The molecule has 1 aliphatic rings. The van der Waals surface area contributed by atoms with Crippen molar-refractivity contribution in [3.63, 3.8) is 0 Å². The Bertz CT molecular complexity index is 1320. The number of ether oxygens (including phenoxy) is 3. The first-order valence-corrected chi connectivity index (χ1v) is 10.0. The number of hydrogen-bond donors (Lipinski definition) is 1. The van der Waals surface area contributed by atoms with Crippen LogP contribution in [0.3, 0.4) is 0 Å². The van der Waals surface area contributed by atoms with Crippen LogP contribution in [0.2, 0.25) is 0 Å². The third kappa shape index (κ3) is 3.54. The van der Waals surface area contributed by atoms with Crippen molar-refractivity contribution in [1.29, 1.82) is 0 Å². The highest BCUT2D eigenvalue weighted by atomic mass is 32.1. The van der Waals surface area contributed by atoms with Crippen LogP contribution in [0.5, 0.6) is 5.75 Å². The van der Waals surface area contributed by atoms with E-state index in [9.17, 15) is 25.3 Å². The Hall–Kier alpha value is -3.39. The Kier molecular flexibility index (Phi) is 5.66. The minimum Gasteiger partial charge on any atom is -0.479 e. The Labute approximate surface area is 191 Å². The molecule has 12 nitrogen and oxygen atoms in total. The van der Waals surface area contributed by atoms with E-state index in [2.05, 4.69) is 0 Å². The van der Waals surface area contributed by atoms with Crippen molar-refractivity contribution in [3.05, 3.63) is 67.0 Å². The summed E-state index contributed by atoms with van der Waals surface area (Å²) in [6, 6.07) is 6.88. The first-order valence-electron chi connectivity index (χ1n) is 9.63. The van der Waals surface area contributed by atoms with Crippen LogP contribution in [0.4, 0.5) is 11.4 Å². The molecule has 1 aromatic heterocycles. The van der Waals surface area contributed by atoms with E-state index in [1.54, 1.807) is 6.92 Å². The van der Waals surface area contributed by atoms with Gasteiger partial charge in [0.05, 0.1) is 27.5 Å². The van der Waals surface area contributed by atoms with Gasteiger partial charge in [0, 0.05) is 38.0 Å². The van der Waals surface area contributed by atoms with Crippen molar-refractivity contribution in [1.82, 2.24) is 4.57 Å². The summed E-state index contributed by atoms with van der Waals surface area (Å²) in [6.45, 7) is 1.57. The minimum absolute atomic E-state index is 0.0948. The number of nitro benzene ring substituents is 2. The second-order valence-electron chi connectivity index (χ2n) is 7.61. The fourth-order valence-corrected chi connectivity index (χ4v) is 4.49. The number of nitrogens with zero attached hydrogens (tertiary/aromatic N) is 3. The largest absolute Gasteiger partial charge is 0.479 e. The molecule has 2 aromatic carbocycles. The molecule has 4 rings (SSSR count). The Morgan fingerprint density at radius 3 is 2.33 bits per heavy atom. The molecule has 0 fully saturated rings. The SMILES string of the molecule is COC(OC)[C@]1(C)Oc2ccc([N+](=O)[O-])cc2[C@@H](n2c(=S)oc3cc([N+](=O)[O-])ccc32)[C@H]1O. The second kappa shape index (κ2) is 8.19. The summed E-state index contributed by atoms with van der Waals surface area (Å²) >= 11 is 5.38. The molecule has 0 saturated heterocycles. The van der Waals surface area contributed by atoms with Gasteiger partial charge >= 0.3 is 0 Å². The molecule has 13 heteroatoms. The van der Waals surface area contributed by atoms with Gasteiger partial charge in [0.25, 0.3) is 16.2 Å². The van der Waals surface area contributed by atoms with Gasteiger partial charge in [-0.1, -0.05) is 0 Å². The van der Waals surface area contributed by atoms with Gasteiger partial charge in [0.15, 0.2) is 17.5 Å². The van der Waals surface area contributed by atoms with E-state index in [1.165, 1.54) is 55.2 Å². The topological polar surface area (TPSA) is 152 Å². The van der Waals surface area contributed by atoms with E-state index >= 15 is 0 Å². The molecular weight excluding hydrogens is 458 g/mol. The van der Waals surface area contributed by atoms with Crippen LogP contribution in [0.25, 0.3) is 11.1 Å². The minimum atomic E-state index is -1.46. The second-order valence-corrected chi connectivity index (χ2v) is 7.95. The predicted molar refractivity (Wildman–Crippen MR) is 116 cm³/mol. The lowest BCUT2D eigenvalue weighted by Gasteiger charge is -2.46. The molecule has 2 heterocycles. The van der Waals surface area contributed by atoms with Crippen molar-refractivity contribution >= 4 is 34.7 Å². The Morgan fingerprint density at radius 1 is 1.12 bits per heavy atom. The van der Waals surface area contributed by atoms with Crippen molar-refractivity contribution in [2.75, 3.05) is 14.2 Å². The molecule has 0 aliphatic carbocycles. The standard InChI is InChI=1S/C20H19N3O9S/c1-20(18(29-2)30-3)17(24)16(12-8-10(22(25)26)5-7-14(12)32-20)21-13-6-4-11(23(27)28)9-15(13)31-19(21)33/h4-9,16-18,24H,1-3H3/t16-,17-,20-/m1/s1. The van der Waals surface area contributed by atoms with Gasteiger partial charge in [-0.2, -0.15) is 0 Å². The van der Waals surface area contributed by atoms with E-state index < -0.39 is 33.9 Å². The third-order valence-electron chi connectivity index (χ3n) is 5.72. The number of aliphatic hydroxyl groups excluding tert-OH is 1. The zero-order valence-corrected chi connectivity index (χ0v) is 18.5. The average Bonchev–Trinajstić information content (AvgIpc) is 3.09. The third-order valence-corrected chi connectivity index (χ3v) is 6.00. The maximum atomic E-state index is 11.5. The van der Waals surface area contributed by atoms with Crippen LogP contribution in [-0.2, 0) is 9.47 Å². The number of non-ortho nitro benzene ring substituents is 2. The van der Waals surface area contributed by atoms with E-state index in [0.29, 0.717) is 5.52 Å². The van der Waals surface area contributed by atoms with Crippen LogP contribution in [0.15, 0.2) is 40.8 Å². The summed E-state index contributed by atoms with van der Waals surface area (Å²) in [5.41, 5.74) is -1.14. The first kappa shape index (κ1) is 22.8.